The Balaban J connectivity index is 2.43. The van der Waals surface area contributed by atoms with Crippen LogP contribution in [0.3, 0.4) is 0 Å². The van der Waals surface area contributed by atoms with Gasteiger partial charge in [0, 0.05) is 5.92 Å². The van der Waals surface area contributed by atoms with Crippen molar-refractivity contribution >= 4 is 5.82 Å². The number of hydrogen-bond donors (Lipinski definition) is 2. The Morgan fingerprint density at radius 2 is 2.06 bits per heavy atom. The molecule has 1 fully saturated rings. The molecule has 1 aromatic heterocycles. The molecule has 0 amide bonds. The van der Waals surface area contributed by atoms with E-state index in [0.29, 0.717) is 17.3 Å². The third-order valence-corrected chi connectivity index (χ3v) is 3.42. The number of hydrogen-bond acceptors (Lipinski definition) is 3. The molecular formula is C12H19N3O. The first kappa shape index (κ1) is 11.2. The van der Waals surface area contributed by atoms with Gasteiger partial charge >= 0.3 is 0 Å². The first-order valence-corrected chi connectivity index (χ1v) is 5.72. The minimum atomic E-state index is -0.0831. The van der Waals surface area contributed by atoms with Crippen LogP contribution >= 0.6 is 0 Å². The molecule has 1 unspecified atom stereocenters. The number of nitrogens with zero attached hydrogens (tertiary/aromatic N) is 1. The molecule has 1 aromatic rings. The monoisotopic (exact) mass is 221 g/mol. The van der Waals surface area contributed by atoms with Crippen molar-refractivity contribution in [2.75, 3.05) is 5.73 Å². The normalized spacial score (nSPS) is 22.4. The Labute approximate surface area is 95.3 Å². The fourth-order valence-corrected chi connectivity index (χ4v) is 2.17. The quantitative estimate of drug-likeness (QED) is 0.802. The van der Waals surface area contributed by atoms with Gasteiger partial charge in [-0.2, -0.15) is 0 Å². The molecule has 0 radical (unpaired) electrons. The molecule has 1 heterocycles. The van der Waals surface area contributed by atoms with Crippen molar-refractivity contribution in [3.8, 4) is 0 Å². The van der Waals surface area contributed by atoms with Crippen LogP contribution in [-0.4, -0.2) is 9.97 Å². The highest BCUT2D eigenvalue weighted by Gasteiger charge is 2.48. The van der Waals surface area contributed by atoms with Gasteiger partial charge in [0.25, 0.3) is 5.56 Å². The van der Waals surface area contributed by atoms with Gasteiger partial charge in [0.05, 0.1) is 5.56 Å². The van der Waals surface area contributed by atoms with Crippen molar-refractivity contribution in [3.05, 3.63) is 21.7 Å². The molecule has 0 bridgehead atoms. The van der Waals surface area contributed by atoms with Crippen LogP contribution in [-0.2, 0) is 0 Å². The minimum Gasteiger partial charge on any atom is -0.383 e. The first-order valence-electron chi connectivity index (χ1n) is 5.72. The van der Waals surface area contributed by atoms with Crippen molar-refractivity contribution in [1.29, 1.82) is 0 Å². The lowest BCUT2D eigenvalue weighted by Crippen LogP contribution is -2.21. The van der Waals surface area contributed by atoms with Gasteiger partial charge in [0.15, 0.2) is 0 Å². The molecule has 3 N–H and O–H groups in total. The minimum absolute atomic E-state index is 0.0831. The maximum absolute atomic E-state index is 11.9. The molecule has 4 heteroatoms. The fraction of sp³-hybridized carbons (Fsp3) is 0.667. The van der Waals surface area contributed by atoms with Crippen LogP contribution in [0.25, 0.3) is 0 Å². The van der Waals surface area contributed by atoms with Gasteiger partial charge in [-0.1, -0.05) is 27.7 Å². The molecule has 4 nitrogen and oxygen atoms in total. The summed E-state index contributed by atoms with van der Waals surface area (Å²) < 4.78 is 0. The summed E-state index contributed by atoms with van der Waals surface area (Å²) >= 11 is 0. The number of aromatic nitrogens is 2. The Morgan fingerprint density at radius 1 is 1.50 bits per heavy atom. The topological polar surface area (TPSA) is 71.8 Å². The van der Waals surface area contributed by atoms with E-state index in [1.165, 1.54) is 0 Å². The highest BCUT2D eigenvalue weighted by atomic mass is 16.1. The van der Waals surface area contributed by atoms with Gasteiger partial charge < -0.3 is 10.7 Å². The van der Waals surface area contributed by atoms with Crippen molar-refractivity contribution < 1.29 is 0 Å². The van der Waals surface area contributed by atoms with E-state index >= 15 is 0 Å². The zero-order chi connectivity index (χ0) is 12.1. The Hall–Kier alpha value is -1.32. The van der Waals surface area contributed by atoms with E-state index in [-0.39, 0.29) is 16.9 Å². The van der Waals surface area contributed by atoms with Gasteiger partial charge in [-0.15, -0.1) is 0 Å². The average molecular weight is 221 g/mol. The number of H-pyrrole nitrogens is 1. The van der Waals surface area contributed by atoms with Gasteiger partial charge in [-0.3, -0.25) is 4.79 Å². The average Bonchev–Trinajstić information content (AvgIpc) is 2.73. The zero-order valence-electron chi connectivity index (χ0n) is 10.3. The number of nitrogen functional groups attached to an aromatic ring is 1. The SMILES string of the molecule is CC(C)c1c(N)nc(C2CC2(C)C)[nH]c1=O. The highest BCUT2D eigenvalue weighted by Crippen LogP contribution is 2.57. The van der Waals surface area contributed by atoms with Crippen molar-refractivity contribution in [1.82, 2.24) is 9.97 Å². The third kappa shape index (κ3) is 1.72. The summed E-state index contributed by atoms with van der Waals surface area (Å²) in [5.41, 5.74) is 6.61. The van der Waals surface area contributed by atoms with E-state index in [9.17, 15) is 4.79 Å². The Kier molecular flexibility index (Phi) is 2.33. The lowest BCUT2D eigenvalue weighted by atomic mass is 10.1. The van der Waals surface area contributed by atoms with Crippen LogP contribution in [0.4, 0.5) is 5.82 Å². The number of rotatable bonds is 2. The second-order valence-corrected chi connectivity index (χ2v) is 5.65. The van der Waals surface area contributed by atoms with Crippen LogP contribution in [0.1, 0.15) is 57.3 Å². The predicted octanol–water partition coefficient (Wildman–Crippen LogP) is 1.99. The molecular weight excluding hydrogens is 202 g/mol. The molecule has 0 spiro atoms. The summed E-state index contributed by atoms with van der Waals surface area (Å²) in [6.45, 7) is 8.24. The zero-order valence-corrected chi connectivity index (χ0v) is 10.3. The smallest absolute Gasteiger partial charge is 0.256 e. The molecule has 1 saturated carbocycles. The van der Waals surface area contributed by atoms with Crippen LogP contribution in [0.15, 0.2) is 4.79 Å². The fourth-order valence-electron chi connectivity index (χ4n) is 2.17. The molecule has 16 heavy (non-hydrogen) atoms. The predicted molar refractivity (Wildman–Crippen MR) is 64.5 cm³/mol. The van der Waals surface area contributed by atoms with Gasteiger partial charge in [-0.05, 0) is 17.8 Å². The maximum Gasteiger partial charge on any atom is 0.256 e. The van der Waals surface area contributed by atoms with Crippen molar-refractivity contribution in [2.24, 2.45) is 5.41 Å². The van der Waals surface area contributed by atoms with Crippen LogP contribution in [0, 0.1) is 5.41 Å². The molecule has 88 valence electrons. The first-order chi connectivity index (χ1) is 7.33. The van der Waals surface area contributed by atoms with E-state index in [0.717, 1.165) is 12.2 Å². The molecule has 0 saturated heterocycles. The maximum atomic E-state index is 11.9. The lowest BCUT2D eigenvalue weighted by molar-refractivity contribution is 0.606. The van der Waals surface area contributed by atoms with Crippen LogP contribution in [0.5, 0.6) is 0 Å². The second kappa shape index (κ2) is 3.34. The summed E-state index contributed by atoms with van der Waals surface area (Å²) in [5, 5.41) is 0. The van der Waals surface area contributed by atoms with Gasteiger partial charge in [0.1, 0.15) is 11.6 Å². The van der Waals surface area contributed by atoms with E-state index in [1.807, 2.05) is 13.8 Å². The highest BCUT2D eigenvalue weighted by molar-refractivity contribution is 5.40. The number of nitrogens with one attached hydrogen (secondary N) is 1. The summed E-state index contributed by atoms with van der Waals surface area (Å²) in [5.74, 6) is 1.59. The third-order valence-electron chi connectivity index (χ3n) is 3.42. The molecule has 1 aliphatic carbocycles. The second-order valence-electron chi connectivity index (χ2n) is 5.65. The molecule has 0 aliphatic heterocycles. The molecule has 2 rings (SSSR count). The molecule has 0 aromatic carbocycles. The number of anilines is 1. The Morgan fingerprint density at radius 3 is 2.44 bits per heavy atom. The number of aromatic amines is 1. The summed E-state index contributed by atoms with van der Waals surface area (Å²) in [7, 11) is 0. The van der Waals surface area contributed by atoms with Crippen LogP contribution in [0.2, 0.25) is 0 Å². The summed E-state index contributed by atoms with van der Waals surface area (Å²) in [6, 6.07) is 0. The molecule has 1 aliphatic rings. The Bertz CT molecular complexity index is 474. The van der Waals surface area contributed by atoms with Gasteiger partial charge in [0.2, 0.25) is 0 Å². The standard InChI is InChI=1S/C12H19N3O/c1-6(2)8-9(13)14-10(15-11(8)16)7-5-12(7,3)4/h6-7H,5H2,1-4H3,(H3,13,14,15,16). The van der Waals surface area contributed by atoms with E-state index in [2.05, 4.69) is 23.8 Å². The van der Waals surface area contributed by atoms with Crippen molar-refractivity contribution in [3.63, 3.8) is 0 Å². The molecule has 1 atom stereocenters. The van der Waals surface area contributed by atoms with E-state index in [4.69, 9.17) is 5.73 Å². The lowest BCUT2D eigenvalue weighted by Gasteiger charge is -2.10. The largest absolute Gasteiger partial charge is 0.383 e. The van der Waals surface area contributed by atoms with E-state index in [1.54, 1.807) is 0 Å². The van der Waals surface area contributed by atoms with Crippen molar-refractivity contribution in [2.45, 2.75) is 46.0 Å². The summed E-state index contributed by atoms with van der Waals surface area (Å²) in [4.78, 5) is 19.1. The van der Waals surface area contributed by atoms with E-state index < -0.39 is 0 Å². The van der Waals surface area contributed by atoms with Gasteiger partial charge in [-0.25, -0.2) is 4.98 Å². The summed E-state index contributed by atoms with van der Waals surface area (Å²) in [6.07, 6.45) is 1.07. The van der Waals surface area contributed by atoms with Crippen LogP contribution < -0.4 is 11.3 Å². The number of nitrogens with two attached hydrogens (primary N) is 1.